The fraction of sp³-hybridized carbons (Fsp3) is 0.545. The van der Waals surface area contributed by atoms with Gasteiger partial charge in [-0.3, -0.25) is 4.57 Å². The van der Waals surface area contributed by atoms with Crippen LogP contribution in [0.5, 0.6) is 0 Å². The highest BCUT2D eigenvalue weighted by atomic mass is 16.6. The van der Waals surface area contributed by atoms with E-state index in [2.05, 4.69) is 10.3 Å². The largest absolute Gasteiger partial charge is 0.444 e. The van der Waals surface area contributed by atoms with Crippen molar-refractivity contribution >= 4 is 6.09 Å². The summed E-state index contributed by atoms with van der Waals surface area (Å²) >= 11 is 0. The van der Waals surface area contributed by atoms with E-state index in [1.165, 1.54) is 10.8 Å². The normalized spacial score (nSPS) is 11.0. The monoisotopic (exact) mass is 239 g/mol. The highest BCUT2D eigenvalue weighted by molar-refractivity contribution is 5.67. The Labute approximate surface area is 99.6 Å². The molecule has 0 unspecified atom stereocenters. The van der Waals surface area contributed by atoms with E-state index in [0.29, 0.717) is 13.1 Å². The standard InChI is InChI=1S/C11H17N3O3/c1-11(2,3)17-10(16)13-6-8-14-7-4-5-12-9(14)15/h4-5,7H,6,8H2,1-3H3,(H,13,16). The quantitative estimate of drug-likeness (QED) is 0.845. The summed E-state index contributed by atoms with van der Waals surface area (Å²) in [5.41, 5.74) is -0.853. The maximum Gasteiger partial charge on any atom is 0.407 e. The Hall–Kier alpha value is -1.85. The molecule has 0 aliphatic heterocycles. The maximum atomic E-state index is 11.3. The van der Waals surface area contributed by atoms with Crippen LogP contribution in [0, 0.1) is 0 Å². The Morgan fingerprint density at radius 2 is 2.24 bits per heavy atom. The number of aromatic nitrogens is 2. The van der Waals surface area contributed by atoms with Crippen molar-refractivity contribution in [2.45, 2.75) is 32.9 Å². The lowest BCUT2D eigenvalue weighted by Crippen LogP contribution is -2.35. The van der Waals surface area contributed by atoms with Gasteiger partial charge >= 0.3 is 11.8 Å². The van der Waals surface area contributed by atoms with Gasteiger partial charge in [0.05, 0.1) is 0 Å². The molecule has 1 heterocycles. The first kappa shape index (κ1) is 13.2. The van der Waals surface area contributed by atoms with E-state index in [0.717, 1.165) is 0 Å². The smallest absolute Gasteiger partial charge is 0.407 e. The van der Waals surface area contributed by atoms with Gasteiger partial charge in [0.25, 0.3) is 0 Å². The Morgan fingerprint density at radius 1 is 1.53 bits per heavy atom. The van der Waals surface area contributed by atoms with Crippen molar-refractivity contribution in [2.24, 2.45) is 0 Å². The zero-order valence-electron chi connectivity index (χ0n) is 10.3. The van der Waals surface area contributed by atoms with Crippen molar-refractivity contribution in [2.75, 3.05) is 6.54 Å². The van der Waals surface area contributed by atoms with E-state index >= 15 is 0 Å². The second-order valence-electron chi connectivity index (χ2n) is 4.52. The summed E-state index contributed by atoms with van der Waals surface area (Å²) in [4.78, 5) is 26.1. The van der Waals surface area contributed by atoms with Gasteiger partial charge in [-0.1, -0.05) is 0 Å². The zero-order chi connectivity index (χ0) is 12.9. The lowest BCUT2D eigenvalue weighted by atomic mass is 10.2. The number of ether oxygens (including phenoxy) is 1. The Bertz CT molecular complexity index is 434. The molecule has 17 heavy (non-hydrogen) atoms. The molecule has 6 nitrogen and oxygen atoms in total. The predicted octanol–water partition coefficient (Wildman–Crippen LogP) is 0.768. The highest BCUT2D eigenvalue weighted by Gasteiger charge is 2.15. The molecule has 0 saturated carbocycles. The molecule has 6 heteroatoms. The van der Waals surface area contributed by atoms with Gasteiger partial charge in [0.1, 0.15) is 5.60 Å². The first-order valence-corrected chi connectivity index (χ1v) is 5.37. The van der Waals surface area contributed by atoms with Gasteiger partial charge in [-0.15, -0.1) is 0 Å². The Balaban J connectivity index is 2.36. The van der Waals surface area contributed by atoms with Gasteiger partial charge < -0.3 is 10.1 Å². The van der Waals surface area contributed by atoms with Crippen LogP contribution in [0.2, 0.25) is 0 Å². The van der Waals surface area contributed by atoms with Crippen molar-refractivity contribution < 1.29 is 9.53 Å². The molecule has 94 valence electrons. The number of hydrogen-bond donors (Lipinski definition) is 1. The van der Waals surface area contributed by atoms with Crippen LogP contribution >= 0.6 is 0 Å². The molecule has 0 fully saturated rings. The van der Waals surface area contributed by atoms with Crippen molar-refractivity contribution in [1.82, 2.24) is 14.9 Å². The van der Waals surface area contributed by atoms with E-state index in [-0.39, 0.29) is 5.69 Å². The fourth-order valence-electron chi connectivity index (χ4n) is 1.15. The average molecular weight is 239 g/mol. The minimum Gasteiger partial charge on any atom is -0.444 e. The molecule has 1 amide bonds. The lowest BCUT2D eigenvalue weighted by Gasteiger charge is -2.19. The van der Waals surface area contributed by atoms with Crippen molar-refractivity contribution in [1.29, 1.82) is 0 Å². The van der Waals surface area contributed by atoms with Gasteiger partial charge in [0.15, 0.2) is 0 Å². The van der Waals surface area contributed by atoms with Gasteiger partial charge in [0.2, 0.25) is 0 Å². The molecular weight excluding hydrogens is 222 g/mol. The topological polar surface area (TPSA) is 73.2 Å². The van der Waals surface area contributed by atoms with Crippen LogP contribution in [-0.4, -0.2) is 27.8 Å². The van der Waals surface area contributed by atoms with Gasteiger partial charge in [-0.25, -0.2) is 14.6 Å². The number of nitrogens with zero attached hydrogens (tertiary/aromatic N) is 2. The van der Waals surface area contributed by atoms with Crippen molar-refractivity contribution in [3.05, 3.63) is 28.9 Å². The van der Waals surface area contributed by atoms with E-state index in [9.17, 15) is 9.59 Å². The minimum atomic E-state index is -0.519. The van der Waals surface area contributed by atoms with Crippen LogP contribution in [0.4, 0.5) is 4.79 Å². The molecule has 1 aromatic rings. The maximum absolute atomic E-state index is 11.3. The van der Waals surface area contributed by atoms with Crippen LogP contribution in [0.15, 0.2) is 23.3 Å². The molecule has 1 N–H and O–H groups in total. The second-order valence-corrected chi connectivity index (χ2v) is 4.52. The molecule has 0 bridgehead atoms. The molecule has 0 spiro atoms. The molecule has 1 rings (SSSR count). The molecule has 0 radical (unpaired) electrons. The Kier molecular flexibility index (Phi) is 4.25. The summed E-state index contributed by atoms with van der Waals surface area (Å²) in [6.45, 7) is 6.06. The third kappa shape index (κ3) is 5.14. The first-order chi connectivity index (χ1) is 7.88. The number of hydrogen-bond acceptors (Lipinski definition) is 4. The van der Waals surface area contributed by atoms with Crippen molar-refractivity contribution in [3.8, 4) is 0 Å². The first-order valence-electron chi connectivity index (χ1n) is 5.37. The SMILES string of the molecule is CC(C)(C)OC(=O)NCCn1cccnc1=O. The van der Waals surface area contributed by atoms with Crippen molar-refractivity contribution in [3.63, 3.8) is 0 Å². The molecule has 0 aliphatic carbocycles. The van der Waals surface area contributed by atoms with E-state index in [1.807, 2.05) is 0 Å². The summed E-state index contributed by atoms with van der Waals surface area (Å²) in [6.07, 6.45) is 2.56. The summed E-state index contributed by atoms with van der Waals surface area (Å²) in [6, 6.07) is 1.66. The van der Waals surface area contributed by atoms with Gasteiger partial charge in [0, 0.05) is 25.5 Å². The van der Waals surface area contributed by atoms with Crippen LogP contribution in [0.3, 0.4) is 0 Å². The number of nitrogens with one attached hydrogen (secondary N) is 1. The number of alkyl carbamates (subject to hydrolysis) is 1. The number of amides is 1. The molecule has 1 aromatic heterocycles. The van der Waals surface area contributed by atoms with E-state index in [4.69, 9.17) is 4.74 Å². The second kappa shape index (κ2) is 5.47. The molecular formula is C11H17N3O3. The van der Waals surface area contributed by atoms with Gasteiger partial charge in [-0.05, 0) is 26.8 Å². The number of carbonyl (C=O) groups excluding carboxylic acids is 1. The summed E-state index contributed by atoms with van der Waals surface area (Å²) < 4.78 is 6.47. The summed E-state index contributed by atoms with van der Waals surface area (Å²) in [7, 11) is 0. The number of rotatable bonds is 3. The van der Waals surface area contributed by atoms with Crippen LogP contribution in [-0.2, 0) is 11.3 Å². The average Bonchev–Trinajstić information content (AvgIpc) is 2.18. The number of carbonyl (C=O) groups is 1. The van der Waals surface area contributed by atoms with Crippen LogP contribution in [0.1, 0.15) is 20.8 Å². The molecule has 0 atom stereocenters. The van der Waals surface area contributed by atoms with Gasteiger partial charge in [-0.2, -0.15) is 0 Å². The van der Waals surface area contributed by atoms with E-state index < -0.39 is 11.7 Å². The third-order valence-corrected chi connectivity index (χ3v) is 1.80. The fourth-order valence-corrected chi connectivity index (χ4v) is 1.15. The highest BCUT2D eigenvalue weighted by Crippen LogP contribution is 2.05. The zero-order valence-corrected chi connectivity index (χ0v) is 10.3. The summed E-state index contributed by atoms with van der Waals surface area (Å²) in [5, 5.41) is 2.57. The van der Waals surface area contributed by atoms with Crippen LogP contribution in [0.25, 0.3) is 0 Å². The molecule has 0 saturated heterocycles. The van der Waals surface area contributed by atoms with E-state index in [1.54, 1.807) is 33.0 Å². The summed E-state index contributed by atoms with van der Waals surface area (Å²) in [5.74, 6) is 0. The third-order valence-electron chi connectivity index (χ3n) is 1.80. The Morgan fingerprint density at radius 3 is 2.82 bits per heavy atom. The minimum absolute atomic E-state index is 0.320. The molecule has 0 aromatic carbocycles. The van der Waals surface area contributed by atoms with Crippen LogP contribution < -0.4 is 11.0 Å². The molecule has 0 aliphatic rings. The predicted molar refractivity (Wildman–Crippen MR) is 62.7 cm³/mol. The lowest BCUT2D eigenvalue weighted by molar-refractivity contribution is 0.0526.